The first-order valence-electron chi connectivity index (χ1n) is 13.4. The van der Waals surface area contributed by atoms with Gasteiger partial charge in [-0.15, -0.1) is 11.6 Å². The second kappa shape index (κ2) is 13.6. The number of fused-ring (bicyclic) bond motifs is 1. The highest BCUT2D eigenvalue weighted by Crippen LogP contribution is 2.32. The average molecular weight is 529 g/mol. The lowest BCUT2D eigenvalue weighted by Gasteiger charge is -2.36. The van der Waals surface area contributed by atoms with Crippen molar-refractivity contribution in [1.29, 1.82) is 0 Å². The van der Waals surface area contributed by atoms with Gasteiger partial charge in [0.25, 0.3) is 0 Å². The number of rotatable bonds is 11. The molecule has 200 valence electrons. The summed E-state index contributed by atoms with van der Waals surface area (Å²) in [6.07, 6.45) is 6.85. The molecule has 2 aromatic rings. The molecule has 0 radical (unpaired) electrons. The van der Waals surface area contributed by atoms with E-state index in [1.807, 2.05) is 48.5 Å². The predicted octanol–water partition coefficient (Wildman–Crippen LogP) is 5.26. The van der Waals surface area contributed by atoms with Gasteiger partial charge in [-0.1, -0.05) is 56.9 Å². The van der Waals surface area contributed by atoms with Gasteiger partial charge in [-0.3, -0.25) is 9.59 Å². The number of amides is 2. The van der Waals surface area contributed by atoms with Gasteiger partial charge in [0.1, 0.15) is 24.3 Å². The molecule has 2 atom stereocenters. The number of benzene rings is 2. The van der Waals surface area contributed by atoms with Crippen LogP contribution in [0.3, 0.4) is 0 Å². The Labute approximate surface area is 224 Å². The van der Waals surface area contributed by atoms with Crippen LogP contribution in [0.1, 0.15) is 63.5 Å². The number of alkyl halides is 1. The van der Waals surface area contributed by atoms with Crippen LogP contribution in [-0.2, 0) is 9.59 Å². The molecular formula is C29H37ClN2O5. The van der Waals surface area contributed by atoms with Gasteiger partial charge in [0, 0.05) is 6.04 Å². The molecule has 1 fully saturated rings. The number of unbranched alkanes of at least 4 members (excludes halogenated alkanes) is 1. The van der Waals surface area contributed by atoms with E-state index in [1.165, 1.54) is 11.3 Å². The average Bonchev–Trinajstić information content (AvgIpc) is 2.93. The third-order valence-corrected chi connectivity index (χ3v) is 7.11. The minimum absolute atomic E-state index is 0.106. The van der Waals surface area contributed by atoms with Crippen LogP contribution >= 0.6 is 11.6 Å². The van der Waals surface area contributed by atoms with Gasteiger partial charge in [0.2, 0.25) is 11.8 Å². The lowest BCUT2D eigenvalue weighted by atomic mass is 9.94. The quantitative estimate of drug-likeness (QED) is 0.318. The van der Waals surface area contributed by atoms with Crippen LogP contribution in [0.2, 0.25) is 0 Å². The van der Waals surface area contributed by atoms with Crippen molar-refractivity contribution in [2.45, 2.75) is 70.1 Å². The van der Waals surface area contributed by atoms with Crippen molar-refractivity contribution >= 4 is 23.4 Å². The van der Waals surface area contributed by atoms with Gasteiger partial charge in [-0.05, 0) is 49.1 Å². The summed E-state index contributed by atoms with van der Waals surface area (Å²) in [7, 11) is 0. The predicted molar refractivity (Wildman–Crippen MR) is 143 cm³/mol. The second-order valence-electron chi connectivity index (χ2n) is 9.69. The standard InChI is InChI=1S/C29H37ClN2O5/c1-2-3-17-35-23-15-13-21(14-16-23)28(29(34)31-22-9-5-4-6-10-22)32(27(33)18-30)19-24-20-36-25-11-7-8-12-26(25)37-24/h7-8,11-16,22,24,28H,2-6,9-10,17-20H2,1H3,(H,31,34)/t24-,28-/m1/s1. The zero-order valence-electron chi connectivity index (χ0n) is 21.5. The minimum Gasteiger partial charge on any atom is -0.494 e. The highest BCUT2D eigenvalue weighted by molar-refractivity contribution is 6.27. The van der Waals surface area contributed by atoms with Crippen LogP contribution in [0.5, 0.6) is 17.2 Å². The van der Waals surface area contributed by atoms with Crippen molar-refractivity contribution in [2.75, 3.05) is 25.6 Å². The molecule has 0 unspecified atom stereocenters. The number of nitrogens with one attached hydrogen (secondary N) is 1. The lowest BCUT2D eigenvalue weighted by Crippen LogP contribution is -2.51. The summed E-state index contributed by atoms with van der Waals surface area (Å²) in [5, 5.41) is 3.21. The molecule has 1 heterocycles. The van der Waals surface area contributed by atoms with E-state index >= 15 is 0 Å². The van der Waals surface area contributed by atoms with Crippen molar-refractivity contribution in [3.8, 4) is 17.2 Å². The Morgan fingerprint density at radius 3 is 2.51 bits per heavy atom. The Bertz CT molecular complexity index is 1030. The molecule has 2 aliphatic rings. The number of carbonyl (C=O) groups is 2. The molecule has 0 bridgehead atoms. The number of ether oxygens (including phenoxy) is 3. The Morgan fingerprint density at radius 2 is 1.81 bits per heavy atom. The summed E-state index contributed by atoms with van der Waals surface area (Å²) in [6.45, 7) is 3.19. The number of nitrogens with zero attached hydrogens (tertiary/aromatic N) is 1. The summed E-state index contributed by atoms with van der Waals surface area (Å²) in [4.78, 5) is 28.5. The molecule has 37 heavy (non-hydrogen) atoms. The van der Waals surface area contributed by atoms with Gasteiger partial charge in [-0.2, -0.15) is 0 Å². The molecule has 1 N–H and O–H groups in total. The first-order valence-corrected chi connectivity index (χ1v) is 13.9. The van der Waals surface area contributed by atoms with E-state index in [4.69, 9.17) is 25.8 Å². The monoisotopic (exact) mass is 528 g/mol. The maximum atomic E-state index is 13.8. The Morgan fingerprint density at radius 1 is 1.08 bits per heavy atom. The molecule has 4 rings (SSSR count). The largest absolute Gasteiger partial charge is 0.494 e. The third-order valence-electron chi connectivity index (χ3n) is 6.88. The summed E-state index contributed by atoms with van der Waals surface area (Å²) < 4.78 is 17.8. The third kappa shape index (κ3) is 7.31. The molecule has 1 saturated carbocycles. The van der Waals surface area contributed by atoms with Gasteiger partial charge in [0.15, 0.2) is 17.6 Å². The fourth-order valence-corrected chi connectivity index (χ4v) is 5.03. The summed E-state index contributed by atoms with van der Waals surface area (Å²) >= 11 is 6.05. The number of hydrogen-bond acceptors (Lipinski definition) is 5. The smallest absolute Gasteiger partial charge is 0.247 e. The van der Waals surface area contributed by atoms with Gasteiger partial charge < -0.3 is 24.4 Å². The van der Waals surface area contributed by atoms with Crippen LogP contribution in [0.15, 0.2) is 48.5 Å². The van der Waals surface area contributed by atoms with Crippen molar-refractivity contribution in [3.63, 3.8) is 0 Å². The van der Waals surface area contributed by atoms with Gasteiger partial charge in [-0.25, -0.2) is 0 Å². The van der Waals surface area contributed by atoms with Crippen LogP contribution in [0.25, 0.3) is 0 Å². The summed E-state index contributed by atoms with van der Waals surface area (Å²) in [5.74, 6) is 1.24. The Balaban J connectivity index is 1.58. The van der Waals surface area contributed by atoms with E-state index in [-0.39, 0.29) is 36.9 Å². The van der Waals surface area contributed by atoms with Gasteiger partial charge in [0.05, 0.1) is 13.2 Å². The van der Waals surface area contributed by atoms with Crippen molar-refractivity contribution in [2.24, 2.45) is 0 Å². The molecule has 1 aliphatic carbocycles. The van der Waals surface area contributed by atoms with Crippen molar-refractivity contribution < 1.29 is 23.8 Å². The molecule has 0 saturated heterocycles. The van der Waals surface area contributed by atoms with E-state index in [1.54, 1.807) is 0 Å². The van der Waals surface area contributed by atoms with E-state index in [0.29, 0.717) is 23.7 Å². The Kier molecular flexibility index (Phi) is 9.94. The number of carbonyl (C=O) groups excluding carboxylic acids is 2. The summed E-state index contributed by atoms with van der Waals surface area (Å²) in [5.41, 5.74) is 0.701. The van der Waals surface area contributed by atoms with Crippen molar-refractivity contribution in [3.05, 3.63) is 54.1 Å². The summed E-state index contributed by atoms with van der Waals surface area (Å²) in [6, 6.07) is 14.1. The highest BCUT2D eigenvalue weighted by Gasteiger charge is 2.35. The molecule has 8 heteroatoms. The van der Waals surface area contributed by atoms with Crippen molar-refractivity contribution in [1.82, 2.24) is 10.2 Å². The Hall–Kier alpha value is -2.93. The van der Waals surface area contributed by atoms with Crippen LogP contribution in [0.4, 0.5) is 0 Å². The lowest BCUT2D eigenvalue weighted by molar-refractivity contribution is -0.141. The fourth-order valence-electron chi connectivity index (χ4n) is 4.88. The molecule has 2 aromatic carbocycles. The number of hydrogen-bond donors (Lipinski definition) is 1. The van der Waals surface area contributed by atoms with E-state index in [2.05, 4.69) is 12.2 Å². The molecule has 0 aromatic heterocycles. The topological polar surface area (TPSA) is 77.1 Å². The first-order chi connectivity index (χ1) is 18.1. The SMILES string of the molecule is CCCCOc1ccc([C@H](C(=O)NC2CCCCC2)N(C[C@@H]2COc3ccccc3O2)C(=O)CCl)cc1. The number of halogens is 1. The molecule has 7 nitrogen and oxygen atoms in total. The van der Waals surface area contributed by atoms with Crippen LogP contribution < -0.4 is 19.5 Å². The van der Waals surface area contributed by atoms with E-state index < -0.39 is 12.1 Å². The van der Waals surface area contributed by atoms with Crippen LogP contribution in [0, 0.1) is 0 Å². The van der Waals surface area contributed by atoms with Crippen LogP contribution in [-0.4, -0.2) is 54.5 Å². The maximum absolute atomic E-state index is 13.8. The molecule has 0 spiro atoms. The maximum Gasteiger partial charge on any atom is 0.247 e. The number of para-hydroxylation sites is 2. The molecule has 1 aliphatic heterocycles. The minimum atomic E-state index is -0.848. The molecular weight excluding hydrogens is 492 g/mol. The molecule has 2 amide bonds. The van der Waals surface area contributed by atoms with Gasteiger partial charge >= 0.3 is 0 Å². The zero-order valence-corrected chi connectivity index (χ0v) is 22.3. The fraction of sp³-hybridized carbons (Fsp3) is 0.517. The first kappa shape index (κ1) is 27.1. The highest BCUT2D eigenvalue weighted by atomic mass is 35.5. The normalized spacial score (nSPS) is 18.1. The second-order valence-corrected chi connectivity index (χ2v) is 9.96. The van der Waals surface area contributed by atoms with E-state index in [0.717, 1.165) is 44.3 Å². The van der Waals surface area contributed by atoms with E-state index in [9.17, 15) is 9.59 Å². The zero-order chi connectivity index (χ0) is 26.0.